The van der Waals surface area contributed by atoms with Crippen LogP contribution in [0.2, 0.25) is 0 Å². The van der Waals surface area contributed by atoms with Crippen LogP contribution in [0.1, 0.15) is 48.6 Å². The number of sulfone groups is 1. The van der Waals surface area contributed by atoms with Gasteiger partial charge in [-0.05, 0) is 20.3 Å². The highest BCUT2D eigenvalue weighted by Crippen LogP contribution is 2.42. The molecule has 0 radical (unpaired) electrons. The molecular formula is C21H18F7NO4S. The molecule has 2 aromatic rings. The fourth-order valence-corrected chi connectivity index (χ4v) is 5.16. The summed E-state index contributed by atoms with van der Waals surface area (Å²) in [5.74, 6) is -16.1. The van der Waals surface area contributed by atoms with Gasteiger partial charge in [0.2, 0.25) is 0 Å². The van der Waals surface area contributed by atoms with Gasteiger partial charge in [-0.3, -0.25) is 4.90 Å². The van der Waals surface area contributed by atoms with Crippen LogP contribution in [-0.2, 0) is 26.1 Å². The lowest BCUT2D eigenvalue weighted by molar-refractivity contribution is 0.104. The quantitative estimate of drug-likeness (QED) is 0.378. The molecule has 0 aliphatic carbocycles. The molecule has 1 amide bonds. The first-order chi connectivity index (χ1) is 15.7. The van der Waals surface area contributed by atoms with E-state index >= 15 is 4.39 Å². The number of nitrogens with zero attached hydrogens (tertiary/aromatic N) is 1. The number of benzene rings is 2. The van der Waals surface area contributed by atoms with Crippen molar-refractivity contribution < 1.29 is 48.7 Å². The van der Waals surface area contributed by atoms with Crippen molar-refractivity contribution in [3.05, 3.63) is 63.0 Å². The van der Waals surface area contributed by atoms with Crippen LogP contribution in [0.15, 0.2) is 0 Å². The van der Waals surface area contributed by atoms with Crippen molar-refractivity contribution in [3.63, 3.8) is 0 Å². The van der Waals surface area contributed by atoms with Crippen LogP contribution in [0.5, 0.6) is 0 Å². The molecule has 3 rings (SSSR count). The number of rotatable bonds is 6. The average molecular weight is 513 g/mol. The number of cyclic esters (lactones) is 1. The van der Waals surface area contributed by atoms with Gasteiger partial charge in [0.05, 0.1) is 22.8 Å². The Bertz CT molecular complexity index is 1270. The molecule has 0 bridgehead atoms. The Labute approximate surface area is 190 Å². The van der Waals surface area contributed by atoms with Crippen LogP contribution in [0.4, 0.5) is 41.2 Å². The molecule has 0 N–H and O–H groups in total. The maximum absolute atomic E-state index is 15.2. The number of halogens is 7. The average Bonchev–Trinajstić information content (AvgIpc) is 2.77. The third-order valence-corrected chi connectivity index (χ3v) is 6.80. The van der Waals surface area contributed by atoms with Gasteiger partial charge in [0.15, 0.2) is 44.7 Å². The Balaban J connectivity index is 2.10. The predicted molar refractivity (Wildman–Crippen MR) is 106 cm³/mol. The molecule has 5 nitrogen and oxygen atoms in total. The first kappa shape index (κ1) is 25.8. The lowest BCUT2D eigenvalue weighted by atomic mass is 10.00. The number of ether oxygens (including phenoxy) is 1. The van der Waals surface area contributed by atoms with E-state index in [1.807, 2.05) is 0 Å². The van der Waals surface area contributed by atoms with Crippen LogP contribution < -0.4 is 4.90 Å². The monoisotopic (exact) mass is 513 g/mol. The summed E-state index contributed by atoms with van der Waals surface area (Å²) in [5, 5.41) is 0. The van der Waals surface area contributed by atoms with Gasteiger partial charge in [-0.2, -0.15) is 0 Å². The zero-order chi connectivity index (χ0) is 25.7. The van der Waals surface area contributed by atoms with Crippen LogP contribution in [0, 0.1) is 47.6 Å². The van der Waals surface area contributed by atoms with Crippen molar-refractivity contribution in [1.29, 1.82) is 0 Å². The van der Waals surface area contributed by atoms with Gasteiger partial charge in [0.1, 0.15) is 11.9 Å². The van der Waals surface area contributed by atoms with Gasteiger partial charge in [-0.25, -0.2) is 43.9 Å². The van der Waals surface area contributed by atoms with Crippen LogP contribution in [0.3, 0.4) is 0 Å². The van der Waals surface area contributed by atoms with Gasteiger partial charge in [0, 0.05) is 23.2 Å². The zero-order valence-corrected chi connectivity index (χ0v) is 18.9. The standard InChI is InChI=1S/C21H18F7NO4S/c1-4-5-29-20-12(9(3)33-21(29)30)15(24)10(18(27)19(20)28)6-34(31,32)7-11-16(25)13(22)8(2)14(23)17(11)26/h9H,4-7H2,1-3H3. The van der Waals surface area contributed by atoms with Crippen molar-refractivity contribution in [1.82, 2.24) is 0 Å². The fraction of sp³-hybridized carbons (Fsp3) is 0.381. The minimum Gasteiger partial charge on any atom is -0.441 e. The number of anilines is 1. The second-order valence-electron chi connectivity index (χ2n) is 7.75. The number of fused-ring (bicyclic) bond motifs is 1. The van der Waals surface area contributed by atoms with Crippen molar-refractivity contribution in [3.8, 4) is 0 Å². The Morgan fingerprint density at radius 2 is 1.29 bits per heavy atom. The summed E-state index contributed by atoms with van der Waals surface area (Å²) in [7, 11) is -4.90. The molecule has 0 spiro atoms. The molecule has 1 unspecified atom stereocenters. The molecule has 0 saturated heterocycles. The summed E-state index contributed by atoms with van der Waals surface area (Å²) >= 11 is 0. The van der Waals surface area contributed by atoms with E-state index in [-0.39, 0.29) is 13.0 Å². The van der Waals surface area contributed by atoms with Gasteiger partial charge in [-0.15, -0.1) is 0 Å². The third-order valence-electron chi connectivity index (χ3n) is 5.35. The number of amides is 1. The minimum absolute atomic E-state index is 0.158. The van der Waals surface area contributed by atoms with Crippen molar-refractivity contribution >= 4 is 21.6 Å². The van der Waals surface area contributed by atoms with E-state index in [9.17, 15) is 39.6 Å². The van der Waals surface area contributed by atoms with Crippen LogP contribution >= 0.6 is 0 Å². The van der Waals surface area contributed by atoms with E-state index in [4.69, 9.17) is 4.74 Å². The number of carbonyl (C=O) groups is 1. The summed E-state index contributed by atoms with van der Waals surface area (Å²) < 4.78 is 131. The van der Waals surface area contributed by atoms with Gasteiger partial charge < -0.3 is 4.74 Å². The Morgan fingerprint density at radius 1 is 0.824 bits per heavy atom. The van der Waals surface area contributed by atoms with Gasteiger partial charge in [0.25, 0.3) is 0 Å². The molecule has 1 atom stereocenters. The molecule has 1 aliphatic rings. The number of hydrogen-bond acceptors (Lipinski definition) is 4. The molecule has 34 heavy (non-hydrogen) atoms. The molecule has 1 heterocycles. The minimum atomic E-state index is -4.90. The van der Waals surface area contributed by atoms with E-state index in [0.29, 0.717) is 4.90 Å². The molecule has 0 aromatic heterocycles. The molecule has 186 valence electrons. The van der Waals surface area contributed by atoms with Crippen LogP contribution in [-0.4, -0.2) is 21.1 Å². The summed E-state index contributed by atoms with van der Waals surface area (Å²) in [6, 6.07) is 0. The highest BCUT2D eigenvalue weighted by Gasteiger charge is 2.39. The lowest BCUT2D eigenvalue weighted by Gasteiger charge is -2.33. The predicted octanol–water partition coefficient (Wildman–Crippen LogP) is 5.51. The van der Waals surface area contributed by atoms with E-state index in [0.717, 1.165) is 13.8 Å². The summed E-state index contributed by atoms with van der Waals surface area (Å²) in [4.78, 5) is 12.7. The normalized spacial score (nSPS) is 16.0. The number of carbonyl (C=O) groups excluding carboxylic acids is 1. The summed E-state index contributed by atoms with van der Waals surface area (Å²) in [5.41, 5.74) is -5.21. The van der Waals surface area contributed by atoms with E-state index in [1.165, 1.54) is 0 Å². The molecular weight excluding hydrogens is 495 g/mol. The van der Waals surface area contributed by atoms with Gasteiger partial charge in [-0.1, -0.05) is 6.92 Å². The molecule has 0 saturated carbocycles. The SMILES string of the molecule is CCCN1C(=O)OC(C)c2c(F)c(CS(=O)(=O)Cc3c(F)c(F)c(C)c(F)c3F)c(F)c(F)c21. The first-order valence-electron chi connectivity index (χ1n) is 9.92. The number of hydrogen-bond donors (Lipinski definition) is 0. The van der Waals surface area contributed by atoms with E-state index in [1.54, 1.807) is 6.92 Å². The topological polar surface area (TPSA) is 63.7 Å². The molecule has 2 aromatic carbocycles. The Hall–Kier alpha value is -2.83. The third kappa shape index (κ3) is 4.21. The summed E-state index contributed by atoms with van der Waals surface area (Å²) in [6.45, 7) is 3.33. The second-order valence-corrected chi connectivity index (χ2v) is 9.82. The summed E-state index contributed by atoms with van der Waals surface area (Å²) in [6.07, 6.45) is -2.21. The largest absolute Gasteiger partial charge is 0.441 e. The Kier molecular flexibility index (Phi) is 6.89. The van der Waals surface area contributed by atoms with E-state index in [2.05, 4.69) is 0 Å². The Morgan fingerprint density at radius 3 is 1.79 bits per heavy atom. The molecule has 0 fully saturated rings. The molecule has 1 aliphatic heterocycles. The lowest BCUT2D eigenvalue weighted by Crippen LogP contribution is -2.39. The zero-order valence-electron chi connectivity index (χ0n) is 18.0. The highest BCUT2D eigenvalue weighted by atomic mass is 32.2. The highest BCUT2D eigenvalue weighted by molar-refractivity contribution is 7.89. The first-order valence-corrected chi connectivity index (χ1v) is 11.7. The van der Waals surface area contributed by atoms with E-state index < -0.39 is 102 Å². The van der Waals surface area contributed by atoms with Crippen LogP contribution in [0.25, 0.3) is 0 Å². The molecule has 13 heteroatoms. The van der Waals surface area contributed by atoms with Gasteiger partial charge >= 0.3 is 6.09 Å². The maximum atomic E-state index is 15.2. The van der Waals surface area contributed by atoms with Crippen molar-refractivity contribution in [2.75, 3.05) is 11.4 Å². The smallest absolute Gasteiger partial charge is 0.414 e. The fourth-order valence-electron chi connectivity index (χ4n) is 3.68. The van der Waals surface area contributed by atoms with Crippen molar-refractivity contribution in [2.45, 2.75) is 44.8 Å². The maximum Gasteiger partial charge on any atom is 0.414 e. The second kappa shape index (κ2) is 9.08. The van der Waals surface area contributed by atoms with Crippen molar-refractivity contribution in [2.24, 2.45) is 0 Å².